The highest BCUT2D eigenvalue weighted by atomic mass is 35.5. The predicted octanol–water partition coefficient (Wildman–Crippen LogP) is 2.43. The maximum absolute atomic E-state index is 12.6. The molecule has 3 rings (SSSR count). The number of rotatable bonds is 1. The summed E-state index contributed by atoms with van der Waals surface area (Å²) in [5.74, 6) is 1.89. The van der Waals surface area contributed by atoms with Gasteiger partial charge in [-0.2, -0.15) is 0 Å². The average Bonchev–Trinajstić information content (AvgIpc) is 2.67. The average molecular weight is 287 g/mol. The number of amides is 1. The Labute approximate surface area is 122 Å². The quantitative estimate of drug-likeness (QED) is 0.805. The van der Waals surface area contributed by atoms with Gasteiger partial charge in [0.1, 0.15) is 0 Å². The van der Waals surface area contributed by atoms with E-state index >= 15 is 0 Å². The molecule has 1 aliphatic heterocycles. The number of nitrogens with two attached hydrogens (primary N) is 1. The second-order valence-electron chi connectivity index (χ2n) is 7.58. The Kier molecular flexibility index (Phi) is 3.68. The molecule has 0 aromatic rings. The third-order valence-electron chi connectivity index (χ3n) is 5.99. The van der Waals surface area contributed by atoms with Crippen LogP contribution in [-0.4, -0.2) is 29.4 Å². The minimum Gasteiger partial charge on any atom is -0.342 e. The lowest BCUT2D eigenvalue weighted by molar-refractivity contribution is -0.138. The molecule has 4 unspecified atom stereocenters. The molecule has 19 heavy (non-hydrogen) atoms. The van der Waals surface area contributed by atoms with Crippen LogP contribution in [0.25, 0.3) is 0 Å². The van der Waals surface area contributed by atoms with Crippen LogP contribution < -0.4 is 5.73 Å². The van der Waals surface area contributed by atoms with E-state index in [2.05, 4.69) is 25.7 Å². The third-order valence-corrected chi connectivity index (χ3v) is 5.99. The number of likely N-dealkylation sites (tertiary alicyclic amines) is 1. The van der Waals surface area contributed by atoms with E-state index in [1.54, 1.807) is 0 Å². The van der Waals surface area contributed by atoms with Crippen LogP contribution in [0.2, 0.25) is 0 Å². The van der Waals surface area contributed by atoms with Crippen molar-refractivity contribution in [2.45, 2.75) is 52.0 Å². The molecule has 0 spiro atoms. The van der Waals surface area contributed by atoms with E-state index < -0.39 is 0 Å². The van der Waals surface area contributed by atoms with E-state index in [0.29, 0.717) is 11.3 Å². The molecule has 0 radical (unpaired) electrons. The first-order chi connectivity index (χ1) is 8.34. The number of carbonyl (C=O) groups is 1. The lowest BCUT2D eigenvalue weighted by Gasteiger charge is -2.39. The smallest absolute Gasteiger partial charge is 0.227 e. The second kappa shape index (κ2) is 4.63. The van der Waals surface area contributed by atoms with Crippen molar-refractivity contribution in [2.75, 3.05) is 13.1 Å². The molecule has 4 atom stereocenters. The van der Waals surface area contributed by atoms with Crippen molar-refractivity contribution in [2.24, 2.45) is 28.9 Å². The number of halogens is 1. The van der Waals surface area contributed by atoms with Crippen LogP contribution in [0.3, 0.4) is 0 Å². The summed E-state index contributed by atoms with van der Waals surface area (Å²) < 4.78 is 0. The van der Waals surface area contributed by atoms with Gasteiger partial charge in [0.05, 0.1) is 5.92 Å². The predicted molar refractivity (Wildman–Crippen MR) is 79.1 cm³/mol. The maximum Gasteiger partial charge on any atom is 0.227 e. The number of carbonyl (C=O) groups excluding carboxylic acids is 1. The van der Waals surface area contributed by atoms with Gasteiger partial charge in [0.25, 0.3) is 0 Å². The molecule has 3 aliphatic rings. The highest BCUT2D eigenvalue weighted by Gasteiger charge is 2.63. The zero-order valence-electron chi connectivity index (χ0n) is 12.3. The number of piperidine rings is 1. The van der Waals surface area contributed by atoms with Gasteiger partial charge in [-0.05, 0) is 37.0 Å². The van der Waals surface area contributed by atoms with Gasteiger partial charge in [-0.15, -0.1) is 12.4 Å². The van der Waals surface area contributed by atoms with Crippen molar-refractivity contribution in [3.05, 3.63) is 0 Å². The fourth-order valence-electron chi connectivity index (χ4n) is 4.30. The summed E-state index contributed by atoms with van der Waals surface area (Å²) in [6.45, 7) is 8.68. The van der Waals surface area contributed by atoms with Crippen LogP contribution in [0, 0.1) is 23.2 Å². The first kappa shape index (κ1) is 15.1. The molecule has 1 heterocycles. The normalized spacial score (nSPS) is 43.4. The molecular formula is C15H27ClN2O. The van der Waals surface area contributed by atoms with Crippen molar-refractivity contribution in [1.29, 1.82) is 0 Å². The second-order valence-corrected chi connectivity index (χ2v) is 7.58. The molecule has 2 N–H and O–H groups in total. The zero-order chi connectivity index (χ0) is 13.1. The molecule has 2 aliphatic carbocycles. The summed E-state index contributed by atoms with van der Waals surface area (Å²) in [6, 6.07) is 0. The van der Waals surface area contributed by atoms with Crippen molar-refractivity contribution in [1.82, 2.24) is 4.90 Å². The summed E-state index contributed by atoms with van der Waals surface area (Å²) >= 11 is 0. The summed E-state index contributed by atoms with van der Waals surface area (Å²) in [7, 11) is 0. The Bertz CT molecular complexity index is 366. The van der Waals surface area contributed by atoms with E-state index in [-0.39, 0.29) is 23.9 Å². The summed E-state index contributed by atoms with van der Waals surface area (Å²) in [4.78, 5) is 14.7. The van der Waals surface area contributed by atoms with Crippen LogP contribution in [0.15, 0.2) is 0 Å². The minimum absolute atomic E-state index is 0. The Hall–Kier alpha value is -0.280. The fourth-order valence-corrected chi connectivity index (χ4v) is 4.30. The standard InChI is InChI=1S/C15H26N2O.ClH/c1-14(2)11-8-17(9-12(11)14)13(18)10-6-4-5-7-15(10,3)16;/h10-12H,4-9,16H2,1-3H3;1H. The lowest BCUT2D eigenvalue weighted by Crippen LogP contribution is -2.53. The van der Waals surface area contributed by atoms with Gasteiger partial charge in [-0.3, -0.25) is 4.79 Å². The van der Waals surface area contributed by atoms with E-state index in [1.807, 2.05) is 0 Å². The summed E-state index contributed by atoms with van der Waals surface area (Å²) in [5, 5.41) is 0. The largest absolute Gasteiger partial charge is 0.342 e. The van der Waals surface area contributed by atoms with E-state index in [1.165, 1.54) is 6.42 Å². The van der Waals surface area contributed by atoms with Crippen molar-refractivity contribution < 1.29 is 4.79 Å². The SMILES string of the molecule is CC1(N)CCCCC1C(=O)N1CC2C(C1)C2(C)C.Cl. The molecular weight excluding hydrogens is 260 g/mol. The number of hydrogen-bond donors (Lipinski definition) is 1. The van der Waals surface area contributed by atoms with Gasteiger partial charge >= 0.3 is 0 Å². The molecule has 0 bridgehead atoms. The lowest BCUT2D eigenvalue weighted by atomic mass is 9.74. The van der Waals surface area contributed by atoms with Crippen molar-refractivity contribution in [3.8, 4) is 0 Å². The maximum atomic E-state index is 12.6. The first-order valence-electron chi connectivity index (χ1n) is 7.42. The monoisotopic (exact) mass is 286 g/mol. The van der Waals surface area contributed by atoms with Gasteiger partial charge in [-0.1, -0.05) is 26.7 Å². The van der Waals surface area contributed by atoms with Crippen molar-refractivity contribution in [3.63, 3.8) is 0 Å². The van der Waals surface area contributed by atoms with Gasteiger partial charge in [0, 0.05) is 18.6 Å². The molecule has 4 heteroatoms. The molecule has 2 saturated carbocycles. The minimum atomic E-state index is -0.280. The van der Waals surface area contributed by atoms with E-state index in [0.717, 1.165) is 44.2 Å². The molecule has 3 fully saturated rings. The number of hydrogen-bond acceptors (Lipinski definition) is 2. The highest BCUT2D eigenvalue weighted by molar-refractivity contribution is 5.85. The topological polar surface area (TPSA) is 46.3 Å². The van der Waals surface area contributed by atoms with Crippen LogP contribution in [-0.2, 0) is 4.79 Å². The van der Waals surface area contributed by atoms with Gasteiger partial charge in [-0.25, -0.2) is 0 Å². The molecule has 110 valence electrons. The molecule has 0 aromatic carbocycles. The fraction of sp³-hybridized carbons (Fsp3) is 0.933. The van der Waals surface area contributed by atoms with Gasteiger partial charge in [0.15, 0.2) is 0 Å². The van der Waals surface area contributed by atoms with E-state index in [9.17, 15) is 4.79 Å². The zero-order valence-corrected chi connectivity index (χ0v) is 13.1. The molecule has 1 saturated heterocycles. The van der Waals surface area contributed by atoms with Gasteiger partial charge in [0.2, 0.25) is 5.91 Å². The van der Waals surface area contributed by atoms with Crippen LogP contribution >= 0.6 is 12.4 Å². The first-order valence-corrected chi connectivity index (χ1v) is 7.42. The van der Waals surface area contributed by atoms with E-state index in [4.69, 9.17) is 5.73 Å². The number of nitrogens with zero attached hydrogens (tertiary/aromatic N) is 1. The third kappa shape index (κ3) is 2.29. The number of fused-ring (bicyclic) bond motifs is 1. The van der Waals surface area contributed by atoms with Crippen molar-refractivity contribution >= 4 is 18.3 Å². The Morgan fingerprint density at radius 1 is 1.16 bits per heavy atom. The highest BCUT2D eigenvalue weighted by Crippen LogP contribution is 2.62. The Morgan fingerprint density at radius 2 is 1.74 bits per heavy atom. The summed E-state index contributed by atoms with van der Waals surface area (Å²) in [6.07, 6.45) is 4.32. The Morgan fingerprint density at radius 3 is 2.26 bits per heavy atom. The molecule has 1 amide bonds. The van der Waals surface area contributed by atoms with Crippen LogP contribution in [0.5, 0.6) is 0 Å². The Balaban J connectivity index is 0.00000133. The van der Waals surface area contributed by atoms with Gasteiger partial charge < -0.3 is 10.6 Å². The van der Waals surface area contributed by atoms with Crippen LogP contribution in [0.1, 0.15) is 46.5 Å². The molecule has 0 aromatic heterocycles. The van der Waals surface area contributed by atoms with Crippen LogP contribution in [0.4, 0.5) is 0 Å². The molecule has 3 nitrogen and oxygen atoms in total. The summed E-state index contributed by atoms with van der Waals surface area (Å²) in [5.41, 5.74) is 6.54.